The molecule has 4 aromatic rings. The third kappa shape index (κ3) is 5.91. The Labute approximate surface area is 250 Å². The molecule has 1 aliphatic carbocycles. The maximum atomic E-state index is 12.6. The van der Waals surface area contributed by atoms with Gasteiger partial charge in [0.05, 0.1) is 18.5 Å². The van der Waals surface area contributed by atoms with E-state index in [0.29, 0.717) is 29.9 Å². The number of carbonyl (C=O) groups excluding carboxylic acids is 1. The summed E-state index contributed by atoms with van der Waals surface area (Å²) in [6.45, 7) is 0.551. The van der Waals surface area contributed by atoms with Gasteiger partial charge in [0.25, 0.3) is 5.91 Å². The number of aromatic nitrogens is 4. The van der Waals surface area contributed by atoms with E-state index in [2.05, 4.69) is 50.2 Å². The van der Waals surface area contributed by atoms with E-state index in [1.54, 1.807) is 0 Å². The molecule has 0 radical (unpaired) electrons. The van der Waals surface area contributed by atoms with Crippen molar-refractivity contribution in [3.63, 3.8) is 0 Å². The number of imidazole rings is 1. The van der Waals surface area contributed by atoms with Crippen LogP contribution in [0, 0.1) is 0 Å². The smallest absolute Gasteiger partial charge is 0.252 e. The zero-order valence-corrected chi connectivity index (χ0v) is 23.6. The number of carbonyl (C=O) groups is 1. The number of hydrogen-bond donors (Lipinski definition) is 6. The summed E-state index contributed by atoms with van der Waals surface area (Å²) in [6.07, 6.45) is -2.19. The quantitative estimate of drug-likeness (QED) is 0.162. The highest BCUT2D eigenvalue weighted by atomic mass is 16.6. The molecular formula is C31H37N7O5. The largest absolute Gasteiger partial charge is 0.391 e. The fourth-order valence-electron chi connectivity index (χ4n) is 5.89. The minimum Gasteiger partial charge on any atom is -0.391 e. The predicted molar refractivity (Wildman–Crippen MR) is 160 cm³/mol. The number of nitrogens with zero attached hydrogens (tertiary/aromatic N) is 4. The molecular weight excluding hydrogens is 550 g/mol. The van der Waals surface area contributed by atoms with Crippen molar-refractivity contribution in [1.29, 1.82) is 0 Å². The summed E-state index contributed by atoms with van der Waals surface area (Å²) < 4.78 is 14.6. The van der Waals surface area contributed by atoms with E-state index in [4.69, 9.17) is 11.1 Å². The summed E-state index contributed by atoms with van der Waals surface area (Å²) in [5.74, 6) is 0.0913. The highest BCUT2D eigenvalue weighted by molar-refractivity contribution is 5.85. The van der Waals surface area contributed by atoms with Gasteiger partial charge in [0.2, 0.25) is 5.95 Å². The van der Waals surface area contributed by atoms with Gasteiger partial charge in [-0.05, 0) is 37.3 Å². The second-order valence-corrected chi connectivity index (χ2v) is 10.9. The van der Waals surface area contributed by atoms with Crippen molar-refractivity contribution in [2.75, 3.05) is 23.7 Å². The number of benzene rings is 2. The second kappa shape index (κ2) is 12.6. The summed E-state index contributed by atoms with van der Waals surface area (Å²) in [6, 6.07) is 20.1. The van der Waals surface area contributed by atoms with E-state index in [1.165, 1.54) is 10.9 Å². The predicted octanol–water partition coefficient (Wildman–Crippen LogP) is 2.15. The van der Waals surface area contributed by atoms with Crippen molar-refractivity contribution < 1.29 is 26.2 Å². The van der Waals surface area contributed by atoms with Crippen LogP contribution in [0.3, 0.4) is 0 Å². The van der Waals surface area contributed by atoms with E-state index >= 15 is 0 Å². The minimum atomic E-state index is -1.49. The number of nitrogens with one attached hydrogen (secondary N) is 3. The van der Waals surface area contributed by atoms with Crippen LogP contribution in [0.5, 0.6) is 0 Å². The average Bonchev–Trinajstić information content (AvgIpc) is 3.74. The first-order valence-electron chi connectivity index (χ1n) is 15.3. The van der Waals surface area contributed by atoms with Gasteiger partial charge in [0.1, 0.15) is 12.2 Å². The zero-order valence-electron chi connectivity index (χ0n) is 24.6. The van der Waals surface area contributed by atoms with Crippen LogP contribution >= 0.6 is 0 Å². The van der Waals surface area contributed by atoms with Gasteiger partial charge in [-0.1, -0.05) is 60.7 Å². The minimum absolute atomic E-state index is 0.00399. The molecule has 2 fully saturated rings. The number of rotatable bonds is 10. The number of amides is 1. The molecule has 43 heavy (non-hydrogen) atoms. The Bertz CT molecular complexity index is 1520. The van der Waals surface area contributed by atoms with Crippen molar-refractivity contribution in [3.05, 3.63) is 78.1 Å². The van der Waals surface area contributed by atoms with E-state index in [1.807, 2.05) is 36.4 Å². The van der Waals surface area contributed by atoms with Crippen molar-refractivity contribution in [2.45, 2.75) is 68.8 Å². The summed E-state index contributed by atoms with van der Waals surface area (Å²) in [7, 11) is 0. The second-order valence-electron chi connectivity index (χ2n) is 10.9. The van der Waals surface area contributed by atoms with Gasteiger partial charge < -0.3 is 36.0 Å². The van der Waals surface area contributed by atoms with Gasteiger partial charge >= 0.3 is 0 Å². The van der Waals surface area contributed by atoms with Crippen LogP contribution in [-0.4, -0.2) is 84.3 Å². The van der Waals surface area contributed by atoms with Crippen LogP contribution in [0.1, 0.15) is 50.8 Å². The lowest BCUT2D eigenvalue weighted by molar-refractivity contribution is -0.137. The third-order valence-electron chi connectivity index (χ3n) is 8.16. The van der Waals surface area contributed by atoms with Gasteiger partial charge in [-0.15, -0.1) is 0 Å². The maximum absolute atomic E-state index is 12.6. The van der Waals surface area contributed by atoms with Crippen molar-refractivity contribution in [3.8, 4) is 0 Å². The molecule has 12 heteroatoms. The van der Waals surface area contributed by atoms with Crippen molar-refractivity contribution >= 4 is 28.8 Å². The molecule has 1 saturated heterocycles. The number of anilines is 2. The number of fused-ring (bicyclic) bond motifs is 1. The molecule has 2 aliphatic rings. The summed E-state index contributed by atoms with van der Waals surface area (Å²) in [5, 5.41) is 41.3. The molecule has 226 valence electrons. The van der Waals surface area contributed by atoms with E-state index in [-0.39, 0.29) is 31.4 Å². The standard InChI is InChI=1S/C31H37N7O5/c1-2-32-29(42)26-24(40)25(41)30(43-26)38-17-34-23-27(36-31(37-28(23)38)35-21-14-9-15-22(21)39)33-16-20(18-10-5-3-6-11-18)19-12-7-4-8-13-19/h3-8,10-13,17,20-22,24-26,30,39-41H,2,9,14-16H2,1H3,(H,32,42)(H2,33,35,36,37)/t21-,22-,24+,25-,26+,30-/m1/s1/i1D. The van der Waals surface area contributed by atoms with Gasteiger partial charge in [-0.2, -0.15) is 9.97 Å². The third-order valence-corrected chi connectivity index (χ3v) is 8.16. The summed E-state index contributed by atoms with van der Waals surface area (Å²) in [5.41, 5.74) is 2.98. The molecule has 6 rings (SSSR count). The lowest BCUT2D eigenvalue weighted by atomic mass is 9.91. The number of aliphatic hydroxyl groups is 3. The van der Waals surface area contributed by atoms with Gasteiger partial charge in [0.15, 0.2) is 29.3 Å². The number of likely N-dealkylation sites (N-methyl/N-ethyl adjacent to an activating group) is 1. The van der Waals surface area contributed by atoms with Gasteiger partial charge in [-0.25, -0.2) is 4.98 Å². The topological polar surface area (TPSA) is 167 Å². The fraction of sp³-hybridized carbons (Fsp3) is 0.419. The van der Waals surface area contributed by atoms with Gasteiger partial charge in [-0.3, -0.25) is 9.36 Å². The highest BCUT2D eigenvalue weighted by Gasteiger charge is 2.47. The maximum Gasteiger partial charge on any atom is 0.252 e. The number of aliphatic hydroxyl groups excluding tert-OH is 3. The summed E-state index contributed by atoms with van der Waals surface area (Å²) in [4.78, 5) is 26.6. The highest BCUT2D eigenvalue weighted by Crippen LogP contribution is 2.34. The molecule has 12 nitrogen and oxygen atoms in total. The van der Waals surface area contributed by atoms with Crippen LogP contribution < -0.4 is 16.0 Å². The molecule has 6 N–H and O–H groups in total. The van der Waals surface area contributed by atoms with Crippen LogP contribution in [-0.2, 0) is 9.53 Å². The van der Waals surface area contributed by atoms with E-state index in [9.17, 15) is 20.1 Å². The molecule has 1 aliphatic heterocycles. The van der Waals surface area contributed by atoms with Crippen LogP contribution in [0.25, 0.3) is 11.2 Å². The van der Waals surface area contributed by atoms with Gasteiger partial charge in [0, 0.05) is 20.4 Å². The molecule has 0 bridgehead atoms. The summed E-state index contributed by atoms with van der Waals surface area (Å²) >= 11 is 0. The molecule has 0 unspecified atom stereocenters. The van der Waals surface area contributed by atoms with Crippen LogP contribution in [0.4, 0.5) is 11.8 Å². The Balaban J connectivity index is 1.34. The molecule has 1 saturated carbocycles. The molecule has 6 atom stereocenters. The van der Waals surface area contributed by atoms with Crippen molar-refractivity contribution in [1.82, 2.24) is 24.8 Å². The first-order valence-corrected chi connectivity index (χ1v) is 14.6. The zero-order chi connectivity index (χ0) is 30.6. The van der Waals surface area contributed by atoms with Crippen LogP contribution in [0.15, 0.2) is 67.0 Å². The molecule has 2 aromatic carbocycles. The van der Waals surface area contributed by atoms with Crippen molar-refractivity contribution in [2.24, 2.45) is 0 Å². The van der Waals surface area contributed by atoms with E-state index < -0.39 is 36.6 Å². The number of ether oxygens (including phenoxy) is 1. The Morgan fingerprint density at radius 2 is 1.77 bits per heavy atom. The molecule has 3 heterocycles. The SMILES string of the molecule is [2H]CCNC(=O)[C@H]1O[C@@H](n2cnc3c(NCC(c4ccccc4)c4ccccc4)nc(N[C@@H]4CCC[C@H]4O)nc32)[C@H](O)[C@@H]1O. The first kappa shape index (κ1) is 27.7. The first-order chi connectivity index (χ1) is 21.4. The lowest BCUT2D eigenvalue weighted by Gasteiger charge is -2.21. The lowest BCUT2D eigenvalue weighted by Crippen LogP contribution is -2.42. The molecule has 1 amide bonds. The average molecular weight is 589 g/mol. The normalized spacial score (nSPS) is 25.6. The fourth-order valence-corrected chi connectivity index (χ4v) is 5.89. The number of hydrogen-bond acceptors (Lipinski definition) is 10. The Morgan fingerprint density at radius 3 is 2.42 bits per heavy atom. The Morgan fingerprint density at radius 1 is 1.05 bits per heavy atom. The van der Waals surface area contributed by atoms with E-state index in [0.717, 1.165) is 24.0 Å². The van der Waals surface area contributed by atoms with Crippen LogP contribution in [0.2, 0.25) is 0 Å². The Hall–Kier alpha value is -4.10. The monoisotopic (exact) mass is 588 g/mol. The molecule has 2 aromatic heterocycles. The molecule has 0 spiro atoms. The Kier molecular flexibility index (Phi) is 8.15.